The largest absolute Gasteiger partial charge is 0.393 e. The number of aliphatic hydroxyl groups excluding tert-OH is 2. The first kappa shape index (κ1) is 24.1. The summed E-state index contributed by atoms with van der Waals surface area (Å²) < 4.78 is 0. The van der Waals surface area contributed by atoms with Crippen molar-refractivity contribution < 1.29 is 10.2 Å². The molecule has 3 rings (SSSR count). The molecule has 0 heterocycles. The number of hydrogen-bond donors (Lipinski definition) is 2. The van der Waals surface area contributed by atoms with E-state index in [4.69, 9.17) is 0 Å². The van der Waals surface area contributed by atoms with E-state index in [1.54, 1.807) is 11.1 Å². The molecular formula is C28H48O2. The van der Waals surface area contributed by atoms with E-state index in [1.807, 2.05) is 0 Å². The van der Waals surface area contributed by atoms with Crippen LogP contribution in [0.3, 0.4) is 0 Å². The summed E-state index contributed by atoms with van der Waals surface area (Å²) in [5, 5.41) is 20.8. The average molecular weight is 417 g/mol. The van der Waals surface area contributed by atoms with Crippen molar-refractivity contribution in [1.29, 1.82) is 0 Å². The van der Waals surface area contributed by atoms with E-state index in [2.05, 4.69) is 41.2 Å². The first-order valence-corrected chi connectivity index (χ1v) is 12.9. The van der Waals surface area contributed by atoms with Gasteiger partial charge in [0.15, 0.2) is 0 Å². The molecule has 2 fully saturated rings. The molecule has 3 aliphatic carbocycles. The summed E-state index contributed by atoms with van der Waals surface area (Å²) in [4.78, 5) is 0. The lowest BCUT2D eigenvalue weighted by Crippen LogP contribution is -2.50. The molecular weight excluding hydrogens is 368 g/mol. The molecule has 2 nitrogen and oxygen atoms in total. The molecule has 0 aromatic heterocycles. The zero-order valence-electron chi connectivity index (χ0n) is 20.4. The van der Waals surface area contributed by atoms with Crippen molar-refractivity contribution in [3.63, 3.8) is 0 Å². The van der Waals surface area contributed by atoms with Crippen molar-refractivity contribution >= 4 is 0 Å². The fourth-order valence-electron chi connectivity index (χ4n) is 7.59. The zero-order valence-corrected chi connectivity index (χ0v) is 20.4. The van der Waals surface area contributed by atoms with Crippen LogP contribution in [0.5, 0.6) is 0 Å². The minimum Gasteiger partial charge on any atom is -0.393 e. The van der Waals surface area contributed by atoms with Crippen molar-refractivity contribution in [2.24, 2.45) is 35.0 Å². The van der Waals surface area contributed by atoms with Crippen molar-refractivity contribution in [3.05, 3.63) is 23.3 Å². The Morgan fingerprint density at radius 3 is 2.33 bits per heavy atom. The van der Waals surface area contributed by atoms with Crippen LogP contribution in [0.15, 0.2) is 23.3 Å². The highest BCUT2D eigenvalue weighted by molar-refractivity contribution is 5.28. The van der Waals surface area contributed by atoms with E-state index in [0.29, 0.717) is 23.7 Å². The maximum absolute atomic E-state index is 10.9. The van der Waals surface area contributed by atoms with Crippen LogP contribution in [0.25, 0.3) is 0 Å². The summed E-state index contributed by atoms with van der Waals surface area (Å²) in [6.45, 7) is 16.0. The van der Waals surface area contributed by atoms with Gasteiger partial charge < -0.3 is 10.2 Å². The van der Waals surface area contributed by atoms with Gasteiger partial charge in [-0.15, -0.1) is 0 Å². The van der Waals surface area contributed by atoms with Gasteiger partial charge in [-0.05, 0) is 99.2 Å². The first-order chi connectivity index (χ1) is 14.2. The van der Waals surface area contributed by atoms with Crippen LogP contribution >= 0.6 is 0 Å². The Kier molecular flexibility index (Phi) is 7.94. The first-order valence-electron chi connectivity index (χ1n) is 12.9. The molecule has 7 unspecified atom stereocenters. The molecule has 7 atom stereocenters. The highest BCUT2D eigenvalue weighted by Crippen LogP contribution is 2.60. The van der Waals surface area contributed by atoms with Gasteiger partial charge in [0.2, 0.25) is 0 Å². The SMILES string of the molecule is C=C1C(CC2CC(CC)=C(CC3CCC(O)C3)C2)CC1(C)C(C(C)C)C(O)CCC. The van der Waals surface area contributed by atoms with E-state index in [-0.39, 0.29) is 17.6 Å². The molecule has 2 N–H and O–H groups in total. The van der Waals surface area contributed by atoms with Crippen LogP contribution in [0.4, 0.5) is 0 Å². The third-order valence-corrected chi connectivity index (χ3v) is 9.01. The fourth-order valence-corrected chi connectivity index (χ4v) is 7.59. The molecule has 2 heteroatoms. The molecule has 0 radical (unpaired) electrons. The Morgan fingerprint density at radius 1 is 1.10 bits per heavy atom. The second-order valence-corrected chi connectivity index (χ2v) is 11.6. The zero-order chi connectivity index (χ0) is 22.1. The van der Waals surface area contributed by atoms with Gasteiger partial charge in [0.25, 0.3) is 0 Å². The second-order valence-electron chi connectivity index (χ2n) is 11.6. The fraction of sp³-hybridized carbons (Fsp3) is 0.857. The van der Waals surface area contributed by atoms with Gasteiger partial charge in [-0.1, -0.05) is 64.3 Å². The number of rotatable bonds is 10. The molecule has 0 aromatic carbocycles. The van der Waals surface area contributed by atoms with Crippen molar-refractivity contribution in [3.8, 4) is 0 Å². The minimum absolute atomic E-state index is 0.0502. The van der Waals surface area contributed by atoms with Gasteiger partial charge in [-0.2, -0.15) is 0 Å². The molecule has 30 heavy (non-hydrogen) atoms. The molecule has 172 valence electrons. The summed E-state index contributed by atoms with van der Waals surface area (Å²) in [6, 6.07) is 0. The smallest absolute Gasteiger partial charge is 0.0579 e. The van der Waals surface area contributed by atoms with E-state index in [0.717, 1.165) is 31.6 Å². The summed E-state index contributed by atoms with van der Waals surface area (Å²) >= 11 is 0. The minimum atomic E-state index is -0.203. The lowest BCUT2D eigenvalue weighted by atomic mass is 9.49. The quantitative estimate of drug-likeness (QED) is 0.374. The van der Waals surface area contributed by atoms with Crippen LogP contribution in [0.2, 0.25) is 0 Å². The van der Waals surface area contributed by atoms with Crippen molar-refractivity contribution in [1.82, 2.24) is 0 Å². The van der Waals surface area contributed by atoms with Crippen LogP contribution in [-0.2, 0) is 0 Å². The molecule has 0 aliphatic heterocycles. The Hall–Kier alpha value is -0.600. The van der Waals surface area contributed by atoms with Crippen LogP contribution in [-0.4, -0.2) is 22.4 Å². The van der Waals surface area contributed by atoms with Crippen LogP contribution in [0, 0.1) is 35.0 Å². The van der Waals surface area contributed by atoms with Gasteiger partial charge in [0.1, 0.15) is 0 Å². The highest BCUT2D eigenvalue weighted by atomic mass is 16.3. The van der Waals surface area contributed by atoms with Gasteiger partial charge in [0.05, 0.1) is 12.2 Å². The third kappa shape index (κ3) is 4.90. The Bertz CT molecular complexity index is 633. The van der Waals surface area contributed by atoms with Gasteiger partial charge >= 0.3 is 0 Å². The lowest BCUT2D eigenvalue weighted by Gasteiger charge is -2.56. The second kappa shape index (κ2) is 9.90. The summed E-state index contributed by atoms with van der Waals surface area (Å²) in [6.07, 6.45) is 12.4. The van der Waals surface area contributed by atoms with E-state index in [9.17, 15) is 10.2 Å². The average Bonchev–Trinajstić information content (AvgIpc) is 3.26. The Labute approximate surface area is 186 Å². The third-order valence-electron chi connectivity index (χ3n) is 9.01. The summed E-state index contributed by atoms with van der Waals surface area (Å²) in [5.41, 5.74) is 4.97. The molecule has 0 aromatic rings. The maximum atomic E-state index is 10.9. The predicted molar refractivity (Wildman–Crippen MR) is 127 cm³/mol. The van der Waals surface area contributed by atoms with E-state index in [1.165, 1.54) is 50.5 Å². The number of hydrogen-bond acceptors (Lipinski definition) is 2. The van der Waals surface area contributed by atoms with Gasteiger partial charge in [-0.25, -0.2) is 0 Å². The molecule has 3 aliphatic rings. The normalized spacial score (nSPS) is 36.5. The topological polar surface area (TPSA) is 40.5 Å². The van der Waals surface area contributed by atoms with Crippen molar-refractivity contribution in [2.75, 3.05) is 0 Å². The van der Waals surface area contributed by atoms with Crippen molar-refractivity contribution in [2.45, 2.75) is 117 Å². The van der Waals surface area contributed by atoms with Gasteiger partial charge in [-0.3, -0.25) is 0 Å². The lowest BCUT2D eigenvalue weighted by molar-refractivity contribution is -0.0353. The molecule has 0 saturated heterocycles. The Balaban J connectivity index is 1.56. The summed E-state index contributed by atoms with van der Waals surface area (Å²) in [5.74, 6) is 2.96. The van der Waals surface area contributed by atoms with Crippen LogP contribution < -0.4 is 0 Å². The molecule has 0 bridgehead atoms. The Morgan fingerprint density at radius 2 is 1.80 bits per heavy atom. The van der Waals surface area contributed by atoms with Gasteiger partial charge in [0, 0.05) is 0 Å². The van der Waals surface area contributed by atoms with Crippen LogP contribution in [0.1, 0.15) is 105 Å². The molecule has 2 saturated carbocycles. The number of allylic oxidation sites excluding steroid dienone is 3. The summed E-state index contributed by atoms with van der Waals surface area (Å²) in [7, 11) is 0. The maximum Gasteiger partial charge on any atom is 0.0579 e. The molecule has 0 amide bonds. The monoisotopic (exact) mass is 416 g/mol. The standard InChI is InChI=1S/C28H48O2/c1-7-9-26(30)27(18(3)4)28(6)17-24(19(28)5)15-21-13-22(8-2)23(14-21)12-20-10-11-25(29)16-20/h18,20-21,24-27,29-30H,5,7-17H2,1-4,6H3. The molecule has 0 spiro atoms. The van der Waals surface area contributed by atoms with E-state index >= 15 is 0 Å². The number of aliphatic hydroxyl groups is 2. The highest BCUT2D eigenvalue weighted by Gasteiger charge is 2.52. The predicted octanol–water partition coefficient (Wildman–Crippen LogP) is 7.06. The van der Waals surface area contributed by atoms with E-state index < -0.39 is 0 Å².